The number of allylic oxidation sites excluding steroid dienone is 4. The molecule has 0 aromatic heterocycles. The Balaban J connectivity index is 2.66. The van der Waals surface area contributed by atoms with E-state index in [2.05, 4.69) is 0 Å². The molecule has 1 unspecified atom stereocenters. The molecule has 0 N–H and O–H groups in total. The van der Waals surface area contributed by atoms with E-state index >= 15 is 0 Å². The third kappa shape index (κ3) is 2.08. The Morgan fingerprint density at radius 2 is 2.40 bits per heavy atom. The average Bonchev–Trinajstić information content (AvgIpc) is 2.12. The highest BCUT2D eigenvalue weighted by molar-refractivity contribution is 7.83. The molecule has 56 valence electrons. The van der Waals surface area contributed by atoms with Crippen LogP contribution in [0.3, 0.4) is 0 Å². The molecule has 10 heavy (non-hydrogen) atoms. The molecular weight excluding hydrogens is 148 g/mol. The van der Waals surface area contributed by atoms with Crippen molar-refractivity contribution in [2.45, 2.75) is 19.3 Å². The van der Waals surface area contributed by atoms with Crippen molar-refractivity contribution in [1.29, 1.82) is 0 Å². The lowest BCUT2D eigenvalue weighted by Crippen LogP contribution is -1.91. The molecule has 0 saturated heterocycles. The molecule has 0 heterocycles. The minimum atomic E-state index is -2.00. The Morgan fingerprint density at radius 3 is 3.10 bits per heavy atom. The minimum Gasteiger partial charge on any atom is -0.769 e. The number of rotatable bonds is 1. The first kappa shape index (κ1) is 7.69. The lowest BCUT2D eigenvalue weighted by atomic mass is 10.2. The summed E-state index contributed by atoms with van der Waals surface area (Å²) in [5.41, 5.74) is 0. The fourth-order valence-electron chi connectivity index (χ4n) is 0.888. The first-order chi connectivity index (χ1) is 4.80. The molecule has 0 fully saturated rings. The van der Waals surface area contributed by atoms with Gasteiger partial charge >= 0.3 is 0 Å². The minimum absolute atomic E-state index is 0.522. The molecule has 0 saturated carbocycles. The van der Waals surface area contributed by atoms with Crippen LogP contribution in [0.5, 0.6) is 0 Å². The predicted octanol–water partition coefficient (Wildman–Crippen LogP) is 1.49. The predicted molar refractivity (Wildman–Crippen MR) is 40.0 cm³/mol. The van der Waals surface area contributed by atoms with Crippen molar-refractivity contribution in [3.8, 4) is 0 Å². The van der Waals surface area contributed by atoms with Crippen LogP contribution in [0.15, 0.2) is 23.1 Å². The maximum Gasteiger partial charge on any atom is 0.00240 e. The van der Waals surface area contributed by atoms with Crippen molar-refractivity contribution in [2.24, 2.45) is 0 Å². The van der Waals surface area contributed by atoms with Crippen LogP contribution in [-0.2, 0) is 11.1 Å². The molecule has 2 nitrogen and oxygen atoms in total. The van der Waals surface area contributed by atoms with Crippen molar-refractivity contribution in [1.82, 2.24) is 0 Å². The van der Waals surface area contributed by atoms with E-state index in [-0.39, 0.29) is 0 Å². The first-order valence-electron chi connectivity index (χ1n) is 3.25. The Morgan fingerprint density at radius 1 is 1.60 bits per heavy atom. The van der Waals surface area contributed by atoms with Crippen LogP contribution < -0.4 is 0 Å². The first-order valence-corrected chi connectivity index (χ1v) is 4.33. The zero-order chi connectivity index (χ0) is 7.40. The SMILES string of the molecule is O=S([O-])C1=CC=CCCC1. The van der Waals surface area contributed by atoms with Gasteiger partial charge in [0.25, 0.3) is 0 Å². The molecule has 1 aliphatic rings. The summed E-state index contributed by atoms with van der Waals surface area (Å²) in [5, 5.41) is 0. The van der Waals surface area contributed by atoms with E-state index in [4.69, 9.17) is 0 Å². The van der Waals surface area contributed by atoms with Crippen molar-refractivity contribution >= 4 is 11.1 Å². The summed E-state index contributed by atoms with van der Waals surface area (Å²) in [6, 6.07) is 0. The van der Waals surface area contributed by atoms with E-state index in [9.17, 15) is 8.76 Å². The van der Waals surface area contributed by atoms with Gasteiger partial charge < -0.3 is 4.55 Å². The molecule has 0 aromatic carbocycles. The molecule has 0 amide bonds. The Labute approximate surface area is 62.9 Å². The molecule has 1 aliphatic carbocycles. The van der Waals surface area contributed by atoms with Gasteiger partial charge in [0.1, 0.15) is 0 Å². The standard InChI is InChI=1S/C7H10O2S/c8-10(9)7-5-3-1-2-4-6-7/h1,3,5H,2,4,6H2,(H,8,9)/p-1. The molecule has 0 radical (unpaired) electrons. The van der Waals surface area contributed by atoms with E-state index in [1.165, 1.54) is 0 Å². The summed E-state index contributed by atoms with van der Waals surface area (Å²) in [4.78, 5) is 0.522. The molecule has 0 bridgehead atoms. The second-order valence-corrected chi connectivity index (χ2v) is 3.18. The zero-order valence-electron chi connectivity index (χ0n) is 5.58. The van der Waals surface area contributed by atoms with Crippen LogP contribution in [0.4, 0.5) is 0 Å². The smallest absolute Gasteiger partial charge is 0.00240 e. The van der Waals surface area contributed by atoms with Gasteiger partial charge in [-0.2, -0.15) is 0 Å². The average molecular weight is 157 g/mol. The molecule has 0 aliphatic heterocycles. The fraction of sp³-hybridized carbons (Fsp3) is 0.429. The van der Waals surface area contributed by atoms with Gasteiger partial charge in [-0.1, -0.05) is 18.2 Å². The van der Waals surface area contributed by atoms with Crippen LogP contribution in [0.1, 0.15) is 19.3 Å². The van der Waals surface area contributed by atoms with Gasteiger partial charge in [-0.05, 0) is 30.3 Å². The van der Waals surface area contributed by atoms with Crippen molar-refractivity contribution in [2.75, 3.05) is 0 Å². The van der Waals surface area contributed by atoms with Crippen LogP contribution in [0, 0.1) is 0 Å². The Bertz CT molecular complexity index is 194. The Hall–Kier alpha value is -0.410. The van der Waals surface area contributed by atoms with Gasteiger partial charge in [0.05, 0.1) is 0 Å². The topological polar surface area (TPSA) is 40.1 Å². The molecule has 0 spiro atoms. The highest BCUT2D eigenvalue weighted by Crippen LogP contribution is 2.13. The third-order valence-corrected chi connectivity index (χ3v) is 2.19. The maximum absolute atomic E-state index is 10.4. The van der Waals surface area contributed by atoms with E-state index in [1.807, 2.05) is 6.08 Å². The molecule has 3 heteroatoms. The lowest BCUT2D eigenvalue weighted by molar-refractivity contribution is 0.541. The number of hydrogen-bond acceptors (Lipinski definition) is 2. The zero-order valence-corrected chi connectivity index (χ0v) is 6.39. The van der Waals surface area contributed by atoms with E-state index in [1.54, 1.807) is 12.2 Å². The van der Waals surface area contributed by atoms with Gasteiger partial charge in [-0.25, -0.2) is 0 Å². The maximum atomic E-state index is 10.4. The van der Waals surface area contributed by atoms with Crippen molar-refractivity contribution < 1.29 is 8.76 Å². The molecular formula is C7H9O2S-. The Kier molecular flexibility index (Phi) is 2.83. The van der Waals surface area contributed by atoms with Gasteiger partial charge in [-0.3, -0.25) is 4.21 Å². The largest absolute Gasteiger partial charge is 0.769 e. The van der Waals surface area contributed by atoms with Gasteiger partial charge in [0, 0.05) is 4.91 Å². The van der Waals surface area contributed by atoms with Crippen LogP contribution in [-0.4, -0.2) is 8.76 Å². The van der Waals surface area contributed by atoms with Gasteiger partial charge in [0.2, 0.25) is 0 Å². The summed E-state index contributed by atoms with van der Waals surface area (Å²) in [6.45, 7) is 0. The highest BCUT2D eigenvalue weighted by Gasteiger charge is 1.97. The number of hydrogen-bond donors (Lipinski definition) is 0. The molecule has 0 aromatic rings. The van der Waals surface area contributed by atoms with Crippen LogP contribution in [0.25, 0.3) is 0 Å². The quantitative estimate of drug-likeness (QED) is 0.541. The summed E-state index contributed by atoms with van der Waals surface area (Å²) in [5.74, 6) is 0. The van der Waals surface area contributed by atoms with E-state index in [0.29, 0.717) is 11.3 Å². The third-order valence-electron chi connectivity index (χ3n) is 1.43. The summed E-state index contributed by atoms with van der Waals surface area (Å²) < 4.78 is 20.8. The monoisotopic (exact) mass is 157 g/mol. The summed E-state index contributed by atoms with van der Waals surface area (Å²) in [6.07, 6.45) is 8.06. The lowest BCUT2D eigenvalue weighted by Gasteiger charge is -2.06. The highest BCUT2D eigenvalue weighted by atomic mass is 32.2. The van der Waals surface area contributed by atoms with E-state index in [0.717, 1.165) is 12.8 Å². The van der Waals surface area contributed by atoms with E-state index < -0.39 is 11.1 Å². The molecule has 1 rings (SSSR count). The normalized spacial score (nSPS) is 21.5. The van der Waals surface area contributed by atoms with Crippen LogP contribution >= 0.6 is 0 Å². The van der Waals surface area contributed by atoms with Crippen molar-refractivity contribution in [3.63, 3.8) is 0 Å². The van der Waals surface area contributed by atoms with Gasteiger partial charge in [0.15, 0.2) is 0 Å². The summed E-state index contributed by atoms with van der Waals surface area (Å²) in [7, 11) is 0. The second-order valence-electron chi connectivity index (χ2n) is 2.19. The second kappa shape index (κ2) is 3.68. The van der Waals surface area contributed by atoms with Crippen molar-refractivity contribution in [3.05, 3.63) is 23.1 Å². The van der Waals surface area contributed by atoms with Gasteiger partial charge in [-0.15, -0.1) is 0 Å². The molecule has 1 atom stereocenters. The van der Waals surface area contributed by atoms with Crippen LogP contribution in [0.2, 0.25) is 0 Å². The summed E-state index contributed by atoms with van der Waals surface area (Å²) >= 11 is -2.00. The fourth-order valence-corrected chi connectivity index (χ4v) is 1.39.